The molecule has 6 heteroatoms. The van der Waals surface area contributed by atoms with Crippen LogP contribution in [-0.4, -0.2) is 51.0 Å². The van der Waals surface area contributed by atoms with Crippen LogP contribution in [0.25, 0.3) is 0 Å². The van der Waals surface area contributed by atoms with E-state index in [4.69, 9.17) is 5.11 Å². The zero-order valence-electron chi connectivity index (χ0n) is 9.78. The Morgan fingerprint density at radius 1 is 1.50 bits per heavy atom. The number of aromatic nitrogens is 1. The highest BCUT2D eigenvalue weighted by Crippen LogP contribution is 2.17. The van der Waals surface area contributed by atoms with Gasteiger partial charge < -0.3 is 10.0 Å². The number of carboxylic acids is 1. The van der Waals surface area contributed by atoms with Gasteiger partial charge in [-0.25, -0.2) is 4.79 Å². The maximum atomic E-state index is 12.1. The largest absolute Gasteiger partial charge is 0.480 e. The van der Waals surface area contributed by atoms with Crippen LogP contribution < -0.4 is 0 Å². The zero-order chi connectivity index (χ0) is 13.0. The molecule has 18 heavy (non-hydrogen) atoms. The van der Waals surface area contributed by atoms with E-state index in [0.717, 1.165) is 5.75 Å². The van der Waals surface area contributed by atoms with Gasteiger partial charge in [0.15, 0.2) is 0 Å². The van der Waals surface area contributed by atoms with Crippen LogP contribution in [0.5, 0.6) is 0 Å². The second-order valence-corrected chi connectivity index (χ2v) is 5.16. The van der Waals surface area contributed by atoms with Gasteiger partial charge in [0.1, 0.15) is 6.04 Å². The first-order valence-electron chi connectivity index (χ1n) is 5.68. The van der Waals surface area contributed by atoms with Gasteiger partial charge >= 0.3 is 5.97 Å². The highest BCUT2D eigenvalue weighted by atomic mass is 32.2. The van der Waals surface area contributed by atoms with Gasteiger partial charge in [-0.2, -0.15) is 11.8 Å². The first kappa shape index (κ1) is 12.9. The van der Waals surface area contributed by atoms with Gasteiger partial charge in [-0.15, -0.1) is 0 Å². The second kappa shape index (κ2) is 5.86. The molecule has 1 aliphatic heterocycles. The van der Waals surface area contributed by atoms with Gasteiger partial charge in [0.25, 0.3) is 0 Å². The third kappa shape index (κ3) is 3.01. The minimum Gasteiger partial charge on any atom is -0.480 e. The Morgan fingerprint density at radius 2 is 2.33 bits per heavy atom. The SMILES string of the molecule is O=C(O)C1CSCCN1C(=O)Cc1ccccn1. The van der Waals surface area contributed by atoms with Gasteiger partial charge in [0.05, 0.1) is 6.42 Å². The van der Waals surface area contributed by atoms with Crippen LogP contribution in [0.2, 0.25) is 0 Å². The predicted molar refractivity (Wildman–Crippen MR) is 68.4 cm³/mol. The number of carbonyl (C=O) groups excluding carboxylic acids is 1. The van der Waals surface area contributed by atoms with Gasteiger partial charge in [-0.3, -0.25) is 9.78 Å². The van der Waals surface area contributed by atoms with Crippen molar-refractivity contribution in [2.45, 2.75) is 12.5 Å². The number of aliphatic carboxylic acids is 1. The Bertz CT molecular complexity index is 438. The molecule has 1 N–H and O–H groups in total. The van der Waals surface area contributed by atoms with Crippen LogP contribution in [0, 0.1) is 0 Å². The minimum atomic E-state index is -0.934. The van der Waals surface area contributed by atoms with Crippen molar-refractivity contribution in [2.24, 2.45) is 0 Å². The van der Waals surface area contributed by atoms with E-state index < -0.39 is 12.0 Å². The number of hydrogen-bond donors (Lipinski definition) is 1. The van der Waals surface area contributed by atoms with Crippen molar-refractivity contribution in [1.29, 1.82) is 0 Å². The quantitative estimate of drug-likeness (QED) is 0.870. The van der Waals surface area contributed by atoms with E-state index in [1.165, 1.54) is 4.90 Å². The van der Waals surface area contributed by atoms with Crippen molar-refractivity contribution in [3.63, 3.8) is 0 Å². The van der Waals surface area contributed by atoms with Gasteiger partial charge in [-0.05, 0) is 12.1 Å². The Hall–Kier alpha value is -1.56. The lowest BCUT2D eigenvalue weighted by atomic mass is 10.2. The Balaban J connectivity index is 2.05. The second-order valence-electron chi connectivity index (χ2n) is 4.01. The lowest BCUT2D eigenvalue weighted by Crippen LogP contribution is -2.50. The fourth-order valence-corrected chi connectivity index (χ4v) is 2.90. The van der Waals surface area contributed by atoms with Gasteiger partial charge in [-0.1, -0.05) is 6.07 Å². The molecule has 1 unspecified atom stereocenters. The molecule has 2 heterocycles. The van der Waals surface area contributed by atoms with Crippen molar-refractivity contribution in [2.75, 3.05) is 18.1 Å². The van der Waals surface area contributed by atoms with Crippen LogP contribution >= 0.6 is 11.8 Å². The summed E-state index contributed by atoms with van der Waals surface area (Å²) >= 11 is 1.57. The summed E-state index contributed by atoms with van der Waals surface area (Å²) in [4.78, 5) is 28.7. The molecule has 1 fully saturated rings. The summed E-state index contributed by atoms with van der Waals surface area (Å²) in [5, 5.41) is 9.10. The molecule has 2 rings (SSSR count). The molecule has 0 radical (unpaired) electrons. The number of rotatable bonds is 3. The normalized spacial score (nSPS) is 19.6. The van der Waals surface area contributed by atoms with Crippen LogP contribution in [0.1, 0.15) is 5.69 Å². The lowest BCUT2D eigenvalue weighted by Gasteiger charge is -2.32. The number of carboxylic acid groups (broad SMARTS) is 1. The summed E-state index contributed by atoms with van der Waals surface area (Å²) in [5.41, 5.74) is 0.671. The molecule has 0 saturated carbocycles. The zero-order valence-corrected chi connectivity index (χ0v) is 10.6. The van der Waals surface area contributed by atoms with Crippen molar-refractivity contribution >= 4 is 23.6 Å². The summed E-state index contributed by atoms with van der Waals surface area (Å²) < 4.78 is 0. The number of thioether (sulfide) groups is 1. The molecule has 0 aliphatic carbocycles. The topological polar surface area (TPSA) is 70.5 Å². The summed E-state index contributed by atoms with van der Waals surface area (Å²) in [5.74, 6) is 0.152. The summed E-state index contributed by atoms with van der Waals surface area (Å²) in [6, 6.07) is 4.66. The van der Waals surface area contributed by atoms with Gasteiger partial charge in [0.2, 0.25) is 5.91 Å². The number of amides is 1. The predicted octanol–water partition coefficient (Wildman–Crippen LogP) is 0.653. The molecule has 0 spiro atoms. The molecule has 1 amide bonds. The van der Waals surface area contributed by atoms with E-state index in [-0.39, 0.29) is 12.3 Å². The van der Waals surface area contributed by atoms with E-state index in [9.17, 15) is 9.59 Å². The minimum absolute atomic E-state index is 0.162. The molecule has 1 aliphatic rings. The molecule has 0 aromatic carbocycles. The Morgan fingerprint density at radius 3 is 3.00 bits per heavy atom. The van der Waals surface area contributed by atoms with E-state index in [1.54, 1.807) is 30.1 Å². The first-order chi connectivity index (χ1) is 8.68. The number of hydrogen-bond acceptors (Lipinski definition) is 4. The molecular formula is C12H14N2O3S. The van der Waals surface area contributed by atoms with Crippen molar-refractivity contribution < 1.29 is 14.7 Å². The van der Waals surface area contributed by atoms with E-state index in [1.807, 2.05) is 6.07 Å². The standard InChI is InChI=1S/C12H14N2O3S/c15-11(7-9-3-1-2-4-13-9)14-5-6-18-8-10(14)12(16)17/h1-4,10H,5-8H2,(H,16,17). The molecule has 0 bridgehead atoms. The van der Waals surface area contributed by atoms with Crippen LogP contribution in [0.4, 0.5) is 0 Å². The summed E-state index contributed by atoms with van der Waals surface area (Å²) in [7, 11) is 0. The number of nitrogens with zero attached hydrogens (tertiary/aromatic N) is 2. The Labute approximate surface area is 109 Å². The molecule has 1 atom stereocenters. The fraction of sp³-hybridized carbons (Fsp3) is 0.417. The smallest absolute Gasteiger partial charge is 0.327 e. The molecule has 96 valence electrons. The maximum Gasteiger partial charge on any atom is 0.327 e. The summed E-state index contributed by atoms with van der Waals surface area (Å²) in [6.07, 6.45) is 1.79. The number of pyridine rings is 1. The Kier molecular flexibility index (Phi) is 4.19. The number of carbonyl (C=O) groups is 2. The van der Waals surface area contributed by atoms with Crippen molar-refractivity contribution in [1.82, 2.24) is 9.88 Å². The molecule has 5 nitrogen and oxygen atoms in total. The van der Waals surface area contributed by atoms with Crippen molar-refractivity contribution in [3.8, 4) is 0 Å². The molecule has 1 aromatic rings. The fourth-order valence-electron chi connectivity index (χ4n) is 1.87. The van der Waals surface area contributed by atoms with E-state index in [0.29, 0.717) is 18.0 Å². The molecular weight excluding hydrogens is 252 g/mol. The third-order valence-corrected chi connectivity index (χ3v) is 3.82. The lowest BCUT2D eigenvalue weighted by molar-refractivity contribution is -0.149. The molecule has 1 saturated heterocycles. The van der Waals surface area contributed by atoms with Crippen molar-refractivity contribution in [3.05, 3.63) is 30.1 Å². The third-order valence-electron chi connectivity index (χ3n) is 2.79. The van der Waals surface area contributed by atoms with Crippen LogP contribution in [-0.2, 0) is 16.0 Å². The molecule has 1 aromatic heterocycles. The van der Waals surface area contributed by atoms with Crippen LogP contribution in [0.3, 0.4) is 0 Å². The first-order valence-corrected chi connectivity index (χ1v) is 6.84. The van der Waals surface area contributed by atoms with E-state index >= 15 is 0 Å². The highest BCUT2D eigenvalue weighted by molar-refractivity contribution is 7.99. The average Bonchev–Trinajstić information content (AvgIpc) is 2.40. The van der Waals surface area contributed by atoms with E-state index in [2.05, 4.69) is 4.98 Å². The monoisotopic (exact) mass is 266 g/mol. The average molecular weight is 266 g/mol. The van der Waals surface area contributed by atoms with Crippen LogP contribution in [0.15, 0.2) is 24.4 Å². The van der Waals surface area contributed by atoms with Gasteiger partial charge in [0, 0.05) is 29.9 Å². The maximum absolute atomic E-state index is 12.1. The highest BCUT2D eigenvalue weighted by Gasteiger charge is 2.32. The summed E-state index contributed by atoms with van der Waals surface area (Å²) in [6.45, 7) is 0.493.